The molecule has 1 aliphatic rings. The minimum Gasteiger partial charge on any atom is -0.491 e. The Balaban J connectivity index is 1.77. The van der Waals surface area contributed by atoms with Crippen LogP contribution in [0.2, 0.25) is 0 Å². The predicted molar refractivity (Wildman–Crippen MR) is 83.1 cm³/mol. The standard InChI is InChI=1S/C15H21BrN2O2/c16-14-11-13(5-6-17-12-19)3-4-15(14)20-10-9-18-7-1-2-8-18/h3-4,11-12H,1-2,5-10H2,(H,17,19). The molecule has 5 heteroatoms. The predicted octanol–water partition coefficient (Wildman–Crippen LogP) is 2.21. The third-order valence-corrected chi connectivity index (χ3v) is 4.12. The number of hydrogen-bond donors (Lipinski definition) is 1. The van der Waals surface area contributed by atoms with Gasteiger partial charge in [-0.05, 0) is 66.0 Å². The van der Waals surface area contributed by atoms with Gasteiger partial charge in [0, 0.05) is 13.1 Å². The molecule has 0 unspecified atom stereocenters. The molecule has 1 aromatic carbocycles. The Morgan fingerprint density at radius 1 is 1.35 bits per heavy atom. The second-order valence-electron chi connectivity index (χ2n) is 4.98. The van der Waals surface area contributed by atoms with Crippen LogP contribution in [0, 0.1) is 0 Å². The summed E-state index contributed by atoms with van der Waals surface area (Å²) in [5.74, 6) is 0.885. The van der Waals surface area contributed by atoms with Gasteiger partial charge in [0.15, 0.2) is 0 Å². The van der Waals surface area contributed by atoms with Crippen molar-refractivity contribution in [3.8, 4) is 5.75 Å². The maximum atomic E-state index is 10.2. The van der Waals surface area contributed by atoms with E-state index in [1.807, 2.05) is 12.1 Å². The molecule has 1 N–H and O–H groups in total. The lowest BCUT2D eigenvalue weighted by Gasteiger charge is -2.15. The normalized spacial score (nSPS) is 15.2. The van der Waals surface area contributed by atoms with Crippen LogP contribution < -0.4 is 10.1 Å². The van der Waals surface area contributed by atoms with Gasteiger partial charge in [-0.1, -0.05) is 6.07 Å². The van der Waals surface area contributed by atoms with E-state index in [0.717, 1.165) is 36.2 Å². The molecule has 0 atom stereocenters. The zero-order valence-electron chi connectivity index (χ0n) is 11.6. The summed E-state index contributed by atoms with van der Waals surface area (Å²) in [4.78, 5) is 12.6. The lowest BCUT2D eigenvalue weighted by molar-refractivity contribution is -0.109. The van der Waals surface area contributed by atoms with Gasteiger partial charge in [-0.2, -0.15) is 0 Å². The molecular weight excluding hydrogens is 320 g/mol. The SMILES string of the molecule is O=CNCCc1ccc(OCCN2CCCC2)c(Br)c1. The van der Waals surface area contributed by atoms with Crippen LogP contribution in [0.4, 0.5) is 0 Å². The van der Waals surface area contributed by atoms with Gasteiger partial charge in [-0.3, -0.25) is 9.69 Å². The van der Waals surface area contributed by atoms with Crippen LogP contribution in [0.15, 0.2) is 22.7 Å². The number of ether oxygens (including phenoxy) is 1. The van der Waals surface area contributed by atoms with E-state index < -0.39 is 0 Å². The second kappa shape index (κ2) is 8.27. The first-order valence-electron chi connectivity index (χ1n) is 7.10. The molecule has 0 spiro atoms. The summed E-state index contributed by atoms with van der Waals surface area (Å²) in [5, 5.41) is 2.66. The monoisotopic (exact) mass is 340 g/mol. The summed E-state index contributed by atoms with van der Waals surface area (Å²) in [6, 6.07) is 6.09. The van der Waals surface area contributed by atoms with Crippen molar-refractivity contribution >= 4 is 22.3 Å². The van der Waals surface area contributed by atoms with E-state index in [9.17, 15) is 4.79 Å². The van der Waals surface area contributed by atoms with E-state index in [1.165, 1.54) is 31.5 Å². The fourth-order valence-corrected chi connectivity index (χ4v) is 2.92. The number of carbonyl (C=O) groups is 1. The van der Waals surface area contributed by atoms with Crippen LogP contribution in [0.25, 0.3) is 0 Å². The number of nitrogens with zero attached hydrogens (tertiary/aromatic N) is 1. The van der Waals surface area contributed by atoms with E-state index in [0.29, 0.717) is 6.54 Å². The molecule has 1 aromatic rings. The molecule has 1 fully saturated rings. The van der Waals surface area contributed by atoms with Crippen LogP contribution in [0.3, 0.4) is 0 Å². The summed E-state index contributed by atoms with van der Waals surface area (Å²) < 4.78 is 6.79. The van der Waals surface area contributed by atoms with Gasteiger partial charge >= 0.3 is 0 Å². The first-order chi connectivity index (χ1) is 9.79. The Bertz CT molecular complexity index is 434. The van der Waals surface area contributed by atoms with Crippen molar-refractivity contribution in [2.24, 2.45) is 0 Å². The largest absolute Gasteiger partial charge is 0.491 e. The van der Waals surface area contributed by atoms with Crippen molar-refractivity contribution < 1.29 is 9.53 Å². The van der Waals surface area contributed by atoms with Crippen LogP contribution >= 0.6 is 15.9 Å². The zero-order valence-corrected chi connectivity index (χ0v) is 13.2. The van der Waals surface area contributed by atoms with Gasteiger partial charge in [0.25, 0.3) is 0 Å². The Hall–Kier alpha value is -1.07. The number of hydrogen-bond acceptors (Lipinski definition) is 3. The van der Waals surface area contributed by atoms with Gasteiger partial charge < -0.3 is 10.1 Å². The minimum atomic E-state index is 0.658. The molecule has 4 nitrogen and oxygen atoms in total. The number of benzene rings is 1. The maximum Gasteiger partial charge on any atom is 0.207 e. The Morgan fingerprint density at radius 2 is 2.15 bits per heavy atom. The quantitative estimate of drug-likeness (QED) is 0.582. The molecule has 0 aromatic heterocycles. The first-order valence-corrected chi connectivity index (χ1v) is 7.89. The fraction of sp³-hybridized carbons (Fsp3) is 0.533. The molecule has 2 rings (SSSR count). The Kier molecular flexibility index (Phi) is 6.33. The Morgan fingerprint density at radius 3 is 2.85 bits per heavy atom. The zero-order chi connectivity index (χ0) is 14.2. The molecule has 110 valence electrons. The molecule has 0 bridgehead atoms. The highest BCUT2D eigenvalue weighted by atomic mass is 79.9. The average molecular weight is 341 g/mol. The van der Waals surface area contributed by atoms with Crippen molar-refractivity contribution in [3.05, 3.63) is 28.2 Å². The van der Waals surface area contributed by atoms with E-state index in [1.54, 1.807) is 0 Å². The van der Waals surface area contributed by atoms with Crippen molar-refractivity contribution in [1.29, 1.82) is 0 Å². The number of carbonyl (C=O) groups excluding carboxylic acids is 1. The topological polar surface area (TPSA) is 41.6 Å². The van der Waals surface area contributed by atoms with Crippen molar-refractivity contribution in [2.45, 2.75) is 19.3 Å². The molecule has 0 radical (unpaired) electrons. The van der Waals surface area contributed by atoms with E-state index in [4.69, 9.17) is 4.74 Å². The Labute approximate surface area is 128 Å². The molecule has 1 aliphatic heterocycles. The number of halogens is 1. The lowest BCUT2D eigenvalue weighted by atomic mass is 10.1. The number of nitrogens with one attached hydrogen (secondary N) is 1. The molecule has 1 heterocycles. The van der Waals surface area contributed by atoms with E-state index >= 15 is 0 Å². The van der Waals surface area contributed by atoms with E-state index in [-0.39, 0.29) is 0 Å². The van der Waals surface area contributed by atoms with Gasteiger partial charge in [-0.15, -0.1) is 0 Å². The summed E-state index contributed by atoms with van der Waals surface area (Å²) in [7, 11) is 0. The van der Waals surface area contributed by atoms with Crippen LogP contribution in [0.1, 0.15) is 18.4 Å². The van der Waals surface area contributed by atoms with Gasteiger partial charge in [-0.25, -0.2) is 0 Å². The minimum absolute atomic E-state index is 0.658. The highest BCUT2D eigenvalue weighted by Crippen LogP contribution is 2.26. The molecule has 0 saturated carbocycles. The van der Waals surface area contributed by atoms with Crippen LogP contribution in [-0.4, -0.2) is 44.1 Å². The number of rotatable bonds is 8. The summed E-state index contributed by atoms with van der Waals surface area (Å²) >= 11 is 3.54. The van der Waals surface area contributed by atoms with Crippen LogP contribution in [-0.2, 0) is 11.2 Å². The molecule has 0 aliphatic carbocycles. The second-order valence-corrected chi connectivity index (χ2v) is 5.84. The summed E-state index contributed by atoms with van der Waals surface area (Å²) in [6.45, 7) is 4.79. The summed E-state index contributed by atoms with van der Waals surface area (Å²) in [6.07, 6.45) is 4.18. The highest BCUT2D eigenvalue weighted by Gasteiger charge is 2.11. The highest BCUT2D eigenvalue weighted by molar-refractivity contribution is 9.10. The molecular formula is C15H21BrN2O2. The van der Waals surface area contributed by atoms with Crippen LogP contribution in [0.5, 0.6) is 5.75 Å². The molecule has 1 amide bonds. The average Bonchev–Trinajstić information content (AvgIpc) is 2.95. The maximum absolute atomic E-state index is 10.2. The third kappa shape index (κ3) is 4.80. The van der Waals surface area contributed by atoms with Crippen molar-refractivity contribution in [3.63, 3.8) is 0 Å². The van der Waals surface area contributed by atoms with Gasteiger partial charge in [0.2, 0.25) is 6.41 Å². The molecule has 1 saturated heterocycles. The van der Waals surface area contributed by atoms with Crippen molar-refractivity contribution in [2.75, 3.05) is 32.8 Å². The lowest BCUT2D eigenvalue weighted by Crippen LogP contribution is -2.25. The van der Waals surface area contributed by atoms with Gasteiger partial charge in [0.05, 0.1) is 4.47 Å². The number of likely N-dealkylation sites (tertiary alicyclic amines) is 1. The smallest absolute Gasteiger partial charge is 0.207 e. The summed E-state index contributed by atoms with van der Waals surface area (Å²) in [5.41, 5.74) is 1.18. The fourth-order valence-electron chi connectivity index (χ4n) is 2.38. The third-order valence-electron chi connectivity index (χ3n) is 3.50. The number of amides is 1. The van der Waals surface area contributed by atoms with Gasteiger partial charge in [0.1, 0.15) is 12.4 Å². The van der Waals surface area contributed by atoms with Crippen molar-refractivity contribution in [1.82, 2.24) is 10.2 Å². The molecule has 20 heavy (non-hydrogen) atoms. The first kappa shape index (κ1) is 15.3. The van der Waals surface area contributed by atoms with E-state index in [2.05, 4.69) is 32.2 Å².